The van der Waals surface area contributed by atoms with E-state index < -0.39 is 11.8 Å². The predicted octanol–water partition coefficient (Wildman–Crippen LogP) is 1.13. The first-order chi connectivity index (χ1) is 11.0. The molecular weight excluding hydrogens is 298 g/mol. The Bertz CT molecular complexity index is 595. The smallest absolute Gasteiger partial charge is 0.315 e. The molecule has 7 heteroatoms. The van der Waals surface area contributed by atoms with E-state index in [0.29, 0.717) is 38.4 Å². The summed E-state index contributed by atoms with van der Waals surface area (Å²) in [5.74, 6) is -1.35. The molecule has 1 saturated heterocycles. The summed E-state index contributed by atoms with van der Waals surface area (Å²) in [5, 5.41) is 2.53. The second-order valence-corrected chi connectivity index (χ2v) is 5.44. The van der Waals surface area contributed by atoms with Crippen LogP contribution in [0.5, 0.6) is 0 Å². The van der Waals surface area contributed by atoms with Crippen molar-refractivity contribution in [3.8, 4) is 0 Å². The largest absolute Gasteiger partial charge is 0.466 e. The summed E-state index contributed by atoms with van der Waals surface area (Å²) >= 11 is 0. The number of aryl methyl sites for hydroxylation is 1. The molecule has 2 rings (SSSR count). The average molecular weight is 319 g/mol. The molecule has 0 radical (unpaired) electrons. The van der Waals surface area contributed by atoms with Gasteiger partial charge in [-0.25, -0.2) is 4.98 Å². The van der Waals surface area contributed by atoms with Gasteiger partial charge in [0.25, 0.3) is 0 Å². The third-order valence-corrected chi connectivity index (χ3v) is 3.84. The second kappa shape index (κ2) is 7.71. The zero-order chi connectivity index (χ0) is 16.8. The van der Waals surface area contributed by atoms with Crippen LogP contribution in [-0.4, -0.2) is 47.4 Å². The van der Waals surface area contributed by atoms with Crippen molar-refractivity contribution in [2.75, 3.05) is 25.0 Å². The third-order valence-electron chi connectivity index (χ3n) is 3.84. The van der Waals surface area contributed by atoms with E-state index in [9.17, 15) is 14.4 Å². The SMILES string of the molecule is CCOC(=O)C1CCN(C(=O)C(=O)Nc2ncccc2C)CC1. The van der Waals surface area contributed by atoms with E-state index in [2.05, 4.69) is 10.3 Å². The molecular formula is C16H21N3O4. The predicted molar refractivity (Wildman–Crippen MR) is 83.5 cm³/mol. The van der Waals surface area contributed by atoms with Crippen molar-refractivity contribution >= 4 is 23.6 Å². The van der Waals surface area contributed by atoms with E-state index in [1.54, 1.807) is 32.2 Å². The van der Waals surface area contributed by atoms with E-state index in [1.165, 1.54) is 4.90 Å². The van der Waals surface area contributed by atoms with Crippen LogP contribution in [0.25, 0.3) is 0 Å². The average Bonchev–Trinajstić information content (AvgIpc) is 2.56. The molecule has 1 fully saturated rings. The number of likely N-dealkylation sites (tertiary alicyclic amines) is 1. The minimum atomic E-state index is -0.707. The van der Waals surface area contributed by atoms with Crippen LogP contribution in [0, 0.1) is 12.8 Å². The first-order valence-electron chi connectivity index (χ1n) is 7.71. The minimum Gasteiger partial charge on any atom is -0.466 e. The van der Waals surface area contributed by atoms with Gasteiger partial charge in [0.2, 0.25) is 0 Å². The van der Waals surface area contributed by atoms with Crippen LogP contribution in [0.15, 0.2) is 18.3 Å². The molecule has 0 atom stereocenters. The topological polar surface area (TPSA) is 88.6 Å². The van der Waals surface area contributed by atoms with Crippen LogP contribution in [0.3, 0.4) is 0 Å². The van der Waals surface area contributed by atoms with Crippen molar-refractivity contribution in [1.82, 2.24) is 9.88 Å². The Morgan fingerprint density at radius 2 is 2.04 bits per heavy atom. The Morgan fingerprint density at radius 3 is 2.65 bits per heavy atom. The second-order valence-electron chi connectivity index (χ2n) is 5.44. The van der Waals surface area contributed by atoms with Gasteiger partial charge in [-0.2, -0.15) is 0 Å². The van der Waals surface area contributed by atoms with Crippen molar-refractivity contribution in [2.24, 2.45) is 5.92 Å². The molecule has 23 heavy (non-hydrogen) atoms. The highest BCUT2D eigenvalue weighted by Crippen LogP contribution is 2.19. The standard InChI is InChI=1S/C16H21N3O4/c1-3-23-16(22)12-6-9-19(10-7-12)15(21)14(20)18-13-11(2)5-4-8-17-13/h4-5,8,12H,3,6-7,9-10H2,1-2H3,(H,17,18,20). The first-order valence-corrected chi connectivity index (χ1v) is 7.71. The number of amides is 2. The van der Waals surface area contributed by atoms with Crippen LogP contribution in [0.1, 0.15) is 25.3 Å². The van der Waals surface area contributed by atoms with E-state index in [0.717, 1.165) is 5.56 Å². The number of ether oxygens (including phenoxy) is 1. The Labute approximate surface area is 135 Å². The van der Waals surface area contributed by atoms with Gasteiger partial charge in [0.15, 0.2) is 0 Å². The Balaban J connectivity index is 1.88. The summed E-state index contributed by atoms with van der Waals surface area (Å²) in [6, 6.07) is 3.56. The molecule has 0 bridgehead atoms. The summed E-state index contributed by atoms with van der Waals surface area (Å²) in [7, 11) is 0. The molecule has 0 spiro atoms. The van der Waals surface area contributed by atoms with Crippen LogP contribution in [0.4, 0.5) is 5.82 Å². The molecule has 7 nitrogen and oxygen atoms in total. The van der Waals surface area contributed by atoms with Crippen LogP contribution in [-0.2, 0) is 19.1 Å². The van der Waals surface area contributed by atoms with E-state index in [1.807, 2.05) is 0 Å². The molecule has 1 aromatic rings. The number of hydrogen-bond acceptors (Lipinski definition) is 5. The van der Waals surface area contributed by atoms with E-state index >= 15 is 0 Å². The third kappa shape index (κ3) is 4.28. The highest BCUT2D eigenvalue weighted by atomic mass is 16.5. The number of carbonyl (C=O) groups is 3. The molecule has 1 N–H and O–H groups in total. The number of carbonyl (C=O) groups excluding carboxylic acids is 3. The fourth-order valence-corrected chi connectivity index (χ4v) is 2.50. The molecule has 2 heterocycles. The Kier molecular flexibility index (Phi) is 5.67. The van der Waals surface area contributed by atoms with Gasteiger partial charge in [-0.1, -0.05) is 6.07 Å². The van der Waals surface area contributed by atoms with Crippen molar-refractivity contribution in [3.05, 3.63) is 23.9 Å². The Hall–Kier alpha value is -2.44. The van der Waals surface area contributed by atoms with Gasteiger partial charge in [-0.15, -0.1) is 0 Å². The summed E-state index contributed by atoms with van der Waals surface area (Å²) in [6.45, 7) is 4.66. The summed E-state index contributed by atoms with van der Waals surface area (Å²) in [5.41, 5.74) is 0.787. The maximum atomic E-state index is 12.2. The van der Waals surface area contributed by atoms with Crippen molar-refractivity contribution in [3.63, 3.8) is 0 Å². The van der Waals surface area contributed by atoms with Crippen molar-refractivity contribution in [1.29, 1.82) is 0 Å². The number of nitrogens with one attached hydrogen (secondary N) is 1. The number of hydrogen-bond donors (Lipinski definition) is 1. The van der Waals surface area contributed by atoms with Gasteiger partial charge in [0.05, 0.1) is 12.5 Å². The summed E-state index contributed by atoms with van der Waals surface area (Å²) in [6.07, 6.45) is 2.58. The van der Waals surface area contributed by atoms with Crippen molar-refractivity contribution in [2.45, 2.75) is 26.7 Å². The molecule has 2 amide bonds. The van der Waals surface area contributed by atoms with Gasteiger partial charge in [-0.3, -0.25) is 14.4 Å². The van der Waals surface area contributed by atoms with Gasteiger partial charge in [0.1, 0.15) is 5.82 Å². The molecule has 1 aliphatic heterocycles. The number of aromatic nitrogens is 1. The van der Waals surface area contributed by atoms with Gasteiger partial charge >= 0.3 is 17.8 Å². The summed E-state index contributed by atoms with van der Waals surface area (Å²) < 4.78 is 4.99. The van der Waals surface area contributed by atoms with Gasteiger partial charge < -0.3 is 15.0 Å². The monoisotopic (exact) mass is 319 g/mol. The lowest BCUT2D eigenvalue weighted by atomic mass is 9.97. The normalized spacial score (nSPS) is 15.1. The molecule has 1 aromatic heterocycles. The van der Waals surface area contributed by atoms with Crippen LogP contribution >= 0.6 is 0 Å². The summed E-state index contributed by atoms with van der Waals surface area (Å²) in [4.78, 5) is 41.4. The van der Waals surface area contributed by atoms with Crippen LogP contribution < -0.4 is 5.32 Å². The minimum absolute atomic E-state index is 0.194. The number of pyridine rings is 1. The molecule has 124 valence electrons. The maximum absolute atomic E-state index is 12.2. The molecule has 1 aliphatic rings. The number of esters is 1. The molecule has 0 unspecified atom stereocenters. The quantitative estimate of drug-likeness (QED) is 0.666. The number of piperidine rings is 1. The molecule has 0 aromatic carbocycles. The number of anilines is 1. The van der Waals surface area contributed by atoms with E-state index in [-0.39, 0.29) is 11.9 Å². The van der Waals surface area contributed by atoms with Crippen molar-refractivity contribution < 1.29 is 19.1 Å². The fraction of sp³-hybridized carbons (Fsp3) is 0.500. The van der Waals surface area contributed by atoms with Crippen LogP contribution in [0.2, 0.25) is 0 Å². The first kappa shape index (κ1) is 16.9. The van der Waals surface area contributed by atoms with Gasteiger partial charge in [-0.05, 0) is 38.3 Å². The lowest BCUT2D eigenvalue weighted by Gasteiger charge is -2.30. The number of rotatable bonds is 3. The highest BCUT2D eigenvalue weighted by molar-refractivity contribution is 6.39. The zero-order valence-electron chi connectivity index (χ0n) is 13.4. The Morgan fingerprint density at radius 1 is 1.35 bits per heavy atom. The molecule has 0 aliphatic carbocycles. The maximum Gasteiger partial charge on any atom is 0.315 e. The highest BCUT2D eigenvalue weighted by Gasteiger charge is 2.30. The number of nitrogens with zero attached hydrogens (tertiary/aromatic N) is 2. The lowest BCUT2D eigenvalue weighted by molar-refractivity contribution is -0.152. The van der Waals surface area contributed by atoms with E-state index in [4.69, 9.17) is 4.74 Å². The zero-order valence-corrected chi connectivity index (χ0v) is 13.4. The van der Waals surface area contributed by atoms with Gasteiger partial charge in [0, 0.05) is 19.3 Å². The molecule has 0 saturated carbocycles. The lowest BCUT2D eigenvalue weighted by Crippen LogP contribution is -2.45. The fourth-order valence-electron chi connectivity index (χ4n) is 2.50.